The van der Waals surface area contributed by atoms with E-state index >= 15 is 0 Å². The van der Waals surface area contributed by atoms with E-state index in [0.29, 0.717) is 6.42 Å². The van der Waals surface area contributed by atoms with Crippen molar-refractivity contribution >= 4 is 12.3 Å². The number of rotatable bonds is 5. The summed E-state index contributed by atoms with van der Waals surface area (Å²) >= 11 is 0. The SMILES string of the molecule is Cc1cccc(CC2(COC(=O)NC3CCCCC3)C=NN=N2)c1. The molecule has 0 bridgehead atoms. The molecular formula is C18H24N4O2. The van der Waals surface area contributed by atoms with Gasteiger partial charge >= 0.3 is 6.09 Å². The van der Waals surface area contributed by atoms with Crippen LogP contribution in [0.5, 0.6) is 0 Å². The topological polar surface area (TPSA) is 75.4 Å². The summed E-state index contributed by atoms with van der Waals surface area (Å²) in [5.74, 6) is 0. The van der Waals surface area contributed by atoms with Crippen LogP contribution in [0.25, 0.3) is 0 Å². The highest BCUT2D eigenvalue weighted by molar-refractivity contribution is 5.74. The number of nitrogens with zero attached hydrogens (tertiary/aromatic N) is 3. The Bertz CT molecular complexity index is 624. The zero-order valence-electron chi connectivity index (χ0n) is 14.1. The second-order valence-electron chi connectivity index (χ2n) is 6.76. The lowest BCUT2D eigenvalue weighted by molar-refractivity contribution is 0.125. The predicted octanol–water partition coefficient (Wildman–Crippen LogP) is 3.79. The maximum Gasteiger partial charge on any atom is 0.407 e. The molecular weight excluding hydrogens is 304 g/mol. The minimum absolute atomic E-state index is 0.145. The smallest absolute Gasteiger partial charge is 0.407 e. The summed E-state index contributed by atoms with van der Waals surface area (Å²) in [6, 6.07) is 8.44. The molecule has 1 atom stereocenters. The molecule has 6 heteroatoms. The average molecular weight is 328 g/mol. The zero-order valence-corrected chi connectivity index (χ0v) is 14.1. The van der Waals surface area contributed by atoms with Crippen LogP contribution in [0.15, 0.2) is 39.7 Å². The van der Waals surface area contributed by atoms with Crippen LogP contribution in [0.4, 0.5) is 4.79 Å². The van der Waals surface area contributed by atoms with Gasteiger partial charge in [0.1, 0.15) is 6.61 Å². The van der Waals surface area contributed by atoms with E-state index in [4.69, 9.17) is 4.74 Å². The summed E-state index contributed by atoms with van der Waals surface area (Å²) < 4.78 is 5.44. The molecule has 2 aliphatic rings. The van der Waals surface area contributed by atoms with Gasteiger partial charge in [0, 0.05) is 12.5 Å². The third-order valence-electron chi connectivity index (χ3n) is 4.57. The highest BCUT2D eigenvalue weighted by Crippen LogP contribution is 2.22. The molecule has 1 aromatic rings. The van der Waals surface area contributed by atoms with E-state index in [2.05, 4.69) is 39.8 Å². The zero-order chi connectivity index (χ0) is 16.8. The normalized spacial score (nSPS) is 23.4. The van der Waals surface area contributed by atoms with Gasteiger partial charge in [-0.3, -0.25) is 0 Å². The van der Waals surface area contributed by atoms with Crippen LogP contribution in [-0.4, -0.2) is 30.5 Å². The van der Waals surface area contributed by atoms with E-state index in [1.165, 1.54) is 24.8 Å². The molecule has 3 rings (SSSR count). The number of nitrogens with one attached hydrogen (secondary N) is 1. The predicted molar refractivity (Wildman–Crippen MR) is 92.3 cm³/mol. The average Bonchev–Trinajstić information content (AvgIpc) is 3.03. The summed E-state index contributed by atoms with van der Waals surface area (Å²) in [7, 11) is 0. The molecule has 1 aliphatic carbocycles. The third-order valence-corrected chi connectivity index (χ3v) is 4.57. The van der Waals surface area contributed by atoms with Gasteiger partial charge in [-0.25, -0.2) is 4.79 Å². The summed E-state index contributed by atoms with van der Waals surface area (Å²) in [6.07, 6.45) is 7.56. The van der Waals surface area contributed by atoms with Crippen molar-refractivity contribution in [2.45, 2.75) is 57.0 Å². The molecule has 1 fully saturated rings. The Hall–Kier alpha value is -2.24. The maximum atomic E-state index is 12.1. The second kappa shape index (κ2) is 7.55. The Kier molecular flexibility index (Phi) is 5.23. The second-order valence-corrected chi connectivity index (χ2v) is 6.76. The van der Waals surface area contributed by atoms with Crippen molar-refractivity contribution in [3.8, 4) is 0 Å². The minimum Gasteiger partial charge on any atom is -0.446 e. The van der Waals surface area contributed by atoms with Crippen LogP contribution in [0, 0.1) is 6.92 Å². The fourth-order valence-corrected chi connectivity index (χ4v) is 3.29. The highest BCUT2D eigenvalue weighted by Gasteiger charge is 2.34. The van der Waals surface area contributed by atoms with Crippen LogP contribution in [0.2, 0.25) is 0 Å². The first-order valence-corrected chi connectivity index (χ1v) is 8.60. The minimum atomic E-state index is -0.697. The Morgan fingerprint density at radius 3 is 2.88 bits per heavy atom. The van der Waals surface area contributed by atoms with Crippen molar-refractivity contribution in [1.82, 2.24) is 5.32 Å². The molecule has 6 nitrogen and oxygen atoms in total. The number of aryl methyl sites for hydroxylation is 1. The number of hydrogen-bond acceptors (Lipinski definition) is 5. The van der Waals surface area contributed by atoms with E-state index < -0.39 is 5.54 Å². The fourth-order valence-electron chi connectivity index (χ4n) is 3.29. The van der Waals surface area contributed by atoms with Crippen molar-refractivity contribution in [2.24, 2.45) is 15.4 Å². The molecule has 1 aliphatic heterocycles. The van der Waals surface area contributed by atoms with E-state index in [9.17, 15) is 4.79 Å². The van der Waals surface area contributed by atoms with Crippen LogP contribution >= 0.6 is 0 Å². The van der Waals surface area contributed by atoms with Gasteiger partial charge < -0.3 is 10.1 Å². The molecule has 128 valence electrons. The van der Waals surface area contributed by atoms with Crippen molar-refractivity contribution in [2.75, 3.05) is 6.61 Å². The molecule has 0 saturated heterocycles. The Balaban J connectivity index is 1.56. The van der Waals surface area contributed by atoms with Crippen molar-refractivity contribution < 1.29 is 9.53 Å². The van der Waals surface area contributed by atoms with Crippen LogP contribution in [0.1, 0.15) is 43.2 Å². The van der Waals surface area contributed by atoms with Gasteiger partial charge in [-0.15, -0.1) is 5.10 Å². The van der Waals surface area contributed by atoms with Crippen LogP contribution in [0.3, 0.4) is 0 Å². The van der Waals surface area contributed by atoms with Crippen molar-refractivity contribution in [3.05, 3.63) is 35.4 Å². The molecule has 1 heterocycles. The number of ether oxygens (including phenoxy) is 1. The fraction of sp³-hybridized carbons (Fsp3) is 0.556. The van der Waals surface area contributed by atoms with Gasteiger partial charge in [-0.05, 0) is 30.6 Å². The molecule has 1 aromatic carbocycles. The van der Waals surface area contributed by atoms with Gasteiger partial charge in [-0.1, -0.05) is 49.1 Å². The Morgan fingerprint density at radius 2 is 2.17 bits per heavy atom. The summed E-state index contributed by atoms with van der Waals surface area (Å²) in [4.78, 5) is 12.1. The van der Waals surface area contributed by atoms with E-state index in [1.54, 1.807) is 6.21 Å². The number of carbonyl (C=O) groups is 1. The maximum absolute atomic E-state index is 12.1. The molecule has 1 N–H and O–H groups in total. The van der Waals surface area contributed by atoms with Crippen molar-refractivity contribution in [3.63, 3.8) is 0 Å². The Labute approximate surface area is 142 Å². The largest absolute Gasteiger partial charge is 0.446 e. The molecule has 0 radical (unpaired) electrons. The van der Waals surface area contributed by atoms with Gasteiger partial charge in [-0.2, -0.15) is 5.11 Å². The lowest BCUT2D eigenvalue weighted by Gasteiger charge is -2.24. The number of hydrogen-bond donors (Lipinski definition) is 1. The van der Waals surface area contributed by atoms with Crippen molar-refractivity contribution in [1.29, 1.82) is 0 Å². The Morgan fingerprint density at radius 1 is 1.33 bits per heavy atom. The summed E-state index contributed by atoms with van der Waals surface area (Å²) in [5, 5.41) is 14.8. The number of benzene rings is 1. The van der Waals surface area contributed by atoms with Gasteiger partial charge in [0.05, 0.1) is 6.21 Å². The summed E-state index contributed by atoms with van der Waals surface area (Å²) in [5.41, 5.74) is 1.61. The lowest BCUT2D eigenvalue weighted by Crippen LogP contribution is -2.41. The quantitative estimate of drug-likeness (QED) is 0.893. The number of amides is 1. The molecule has 1 unspecified atom stereocenters. The highest BCUT2D eigenvalue weighted by atomic mass is 16.5. The molecule has 24 heavy (non-hydrogen) atoms. The van der Waals surface area contributed by atoms with Gasteiger partial charge in [0.25, 0.3) is 0 Å². The molecule has 0 spiro atoms. The lowest BCUT2D eigenvalue weighted by atomic mass is 9.93. The van der Waals surface area contributed by atoms with E-state index in [-0.39, 0.29) is 18.7 Å². The van der Waals surface area contributed by atoms with E-state index in [1.807, 2.05) is 12.1 Å². The molecule has 1 amide bonds. The number of alkyl carbamates (subject to hydrolysis) is 1. The van der Waals surface area contributed by atoms with Gasteiger partial charge in [0.2, 0.25) is 0 Å². The van der Waals surface area contributed by atoms with Crippen LogP contribution in [-0.2, 0) is 11.2 Å². The van der Waals surface area contributed by atoms with Gasteiger partial charge in [0.15, 0.2) is 5.54 Å². The molecule has 1 saturated carbocycles. The number of carbonyl (C=O) groups excluding carboxylic acids is 1. The van der Waals surface area contributed by atoms with E-state index in [0.717, 1.165) is 18.4 Å². The van der Waals surface area contributed by atoms with Crippen LogP contribution < -0.4 is 5.32 Å². The monoisotopic (exact) mass is 328 g/mol. The molecule has 0 aromatic heterocycles. The first-order valence-electron chi connectivity index (χ1n) is 8.60. The standard InChI is InChI=1S/C18H24N4O2/c1-14-6-5-7-15(10-14)11-18(12-19-22-21-18)13-24-17(23)20-16-8-3-2-4-9-16/h5-7,10,12,16H,2-4,8-9,11,13H2,1H3,(H,20,23). The summed E-state index contributed by atoms with van der Waals surface area (Å²) in [6.45, 7) is 2.20. The third kappa shape index (κ3) is 4.40. The first kappa shape index (κ1) is 16.6. The first-order chi connectivity index (χ1) is 11.7.